The summed E-state index contributed by atoms with van der Waals surface area (Å²) in [6.45, 7) is 5.53. The molecule has 4 aliphatic rings. The molecule has 0 aliphatic heterocycles. The number of furan rings is 1. The maximum Gasteiger partial charge on any atom is 0.293 e. The first-order valence-corrected chi connectivity index (χ1v) is 10.7. The Bertz CT molecular complexity index is 766. The van der Waals surface area contributed by atoms with Gasteiger partial charge in [0.2, 0.25) is 0 Å². The first-order chi connectivity index (χ1) is 13.0. The third-order valence-electron chi connectivity index (χ3n) is 9.23. The molecular formula is C23H30O4. The molecule has 3 saturated carbocycles. The summed E-state index contributed by atoms with van der Waals surface area (Å²) in [5.74, 6) is 4.34. The Labute approximate surface area is 161 Å². The molecule has 4 nitrogen and oxygen atoms in total. The number of rotatable bonds is 3. The van der Waals surface area contributed by atoms with Crippen LogP contribution in [0.15, 0.2) is 10.5 Å². The van der Waals surface area contributed by atoms with Crippen molar-refractivity contribution in [1.82, 2.24) is 0 Å². The molecule has 7 atom stereocenters. The van der Waals surface area contributed by atoms with Crippen LogP contribution in [-0.2, 0) is 22.4 Å². The van der Waals surface area contributed by atoms with Crippen molar-refractivity contribution in [1.29, 1.82) is 0 Å². The molecule has 0 unspecified atom stereocenters. The molecule has 0 saturated heterocycles. The number of ether oxygens (including phenoxy) is 1. The molecule has 0 N–H and O–H groups in total. The average molecular weight is 370 g/mol. The van der Waals surface area contributed by atoms with Gasteiger partial charge < -0.3 is 9.15 Å². The van der Waals surface area contributed by atoms with Crippen molar-refractivity contribution in [3.8, 4) is 0 Å². The van der Waals surface area contributed by atoms with Crippen molar-refractivity contribution in [2.24, 2.45) is 34.5 Å². The lowest BCUT2D eigenvalue weighted by atomic mass is 9.45. The normalized spacial score (nSPS) is 45.2. The van der Waals surface area contributed by atoms with E-state index in [2.05, 4.69) is 13.8 Å². The van der Waals surface area contributed by atoms with E-state index in [-0.39, 0.29) is 11.5 Å². The van der Waals surface area contributed by atoms with Crippen LogP contribution in [0.1, 0.15) is 74.3 Å². The molecule has 0 amide bonds. The van der Waals surface area contributed by atoms with Crippen LogP contribution < -0.4 is 0 Å². The number of hydrogen-bond donors (Lipinski definition) is 0. The van der Waals surface area contributed by atoms with Crippen LogP contribution in [0.2, 0.25) is 0 Å². The van der Waals surface area contributed by atoms with E-state index in [1.807, 2.05) is 6.07 Å². The van der Waals surface area contributed by atoms with E-state index in [1.54, 1.807) is 0 Å². The Morgan fingerprint density at radius 3 is 2.67 bits per heavy atom. The van der Waals surface area contributed by atoms with Crippen molar-refractivity contribution in [2.45, 2.75) is 71.3 Å². The molecule has 0 radical (unpaired) electrons. The van der Waals surface area contributed by atoms with Gasteiger partial charge in [-0.3, -0.25) is 9.59 Å². The first-order valence-electron chi connectivity index (χ1n) is 10.7. The van der Waals surface area contributed by atoms with E-state index in [4.69, 9.17) is 9.15 Å². The molecule has 0 aromatic carbocycles. The number of aldehydes is 1. The number of fused-ring (bicyclic) bond motifs is 6. The highest BCUT2D eigenvalue weighted by atomic mass is 16.5. The Balaban J connectivity index is 1.45. The summed E-state index contributed by atoms with van der Waals surface area (Å²) >= 11 is 0. The highest BCUT2D eigenvalue weighted by Crippen LogP contribution is 2.66. The Morgan fingerprint density at radius 1 is 1.07 bits per heavy atom. The molecule has 4 heteroatoms. The first kappa shape index (κ1) is 17.5. The van der Waals surface area contributed by atoms with Gasteiger partial charge in [-0.25, -0.2) is 0 Å². The standard InChI is InChI=1S/C23H30O4/c1-22-8-7-19-17(18(22)5-6-21(22)26-13-25)4-3-15-10-20-14(11-23(15,19)2)9-16(12-24)27-20/h9,12-13,15,17-19,21H,3-8,10-11H2,1-2H3/t15-,17-,18-,19-,21-,22-,23-/m0/s1. The molecule has 0 bridgehead atoms. The summed E-state index contributed by atoms with van der Waals surface area (Å²) in [6, 6.07) is 1.98. The fourth-order valence-corrected chi connectivity index (χ4v) is 7.89. The zero-order valence-electron chi connectivity index (χ0n) is 16.4. The van der Waals surface area contributed by atoms with Crippen molar-refractivity contribution in [2.75, 3.05) is 0 Å². The van der Waals surface area contributed by atoms with Gasteiger partial charge in [0.15, 0.2) is 12.0 Å². The third kappa shape index (κ3) is 2.34. The summed E-state index contributed by atoms with van der Waals surface area (Å²) in [5.41, 5.74) is 1.72. The predicted molar refractivity (Wildman–Crippen MR) is 100 cm³/mol. The zero-order valence-corrected chi connectivity index (χ0v) is 16.4. The molecular weight excluding hydrogens is 340 g/mol. The van der Waals surface area contributed by atoms with E-state index in [0.29, 0.717) is 29.5 Å². The fraction of sp³-hybridized carbons (Fsp3) is 0.739. The smallest absolute Gasteiger partial charge is 0.293 e. The van der Waals surface area contributed by atoms with E-state index in [9.17, 15) is 9.59 Å². The van der Waals surface area contributed by atoms with Gasteiger partial charge in [0.05, 0.1) is 0 Å². The monoisotopic (exact) mass is 370 g/mol. The summed E-state index contributed by atoms with van der Waals surface area (Å²) in [7, 11) is 0. The van der Waals surface area contributed by atoms with Crippen LogP contribution in [0.25, 0.3) is 0 Å². The maximum atomic E-state index is 11.2. The second kappa shape index (κ2) is 5.96. The van der Waals surface area contributed by atoms with Crippen LogP contribution in [0.5, 0.6) is 0 Å². The largest absolute Gasteiger partial charge is 0.464 e. The summed E-state index contributed by atoms with van der Waals surface area (Å²) < 4.78 is 11.3. The molecule has 1 aromatic heterocycles. The van der Waals surface area contributed by atoms with Crippen LogP contribution >= 0.6 is 0 Å². The second-order valence-electron chi connectivity index (χ2n) is 10.1. The molecule has 1 heterocycles. The zero-order chi connectivity index (χ0) is 18.8. The molecule has 1 aromatic rings. The van der Waals surface area contributed by atoms with Gasteiger partial charge in [-0.05, 0) is 85.7 Å². The second-order valence-corrected chi connectivity index (χ2v) is 10.1. The van der Waals surface area contributed by atoms with Gasteiger partial charge in [-0.15, -0.1) is 0 Å². The van der Waals surface area contributed by atoms with Crippen LogP contribution in [0.4, 0.5) is 0 Å². The SMILES string of the molecule is C[C@]12Cc3cc(C=O)oc3C[C@@H]1CC[C@@H]1[C@@H]2CC[C@]2(C)[C@@H](OC=O)CC[C@@H]12. The van der Waals surface area contributed by atoms with Crippen LogP contribution in [-0.4, -0.2) is 18.9 Å². The molecule has 146 valence electrons. The lowest BCUT2D eigenvalue weighted by molar-refractivity contribution is -0.148. The number of hydrogen-bond acceptors (Lipinski definition) is 4. The molecule has 0 spiro atoms. The Kier molecular flexibility index (Phi) is 3.86. The van der Waals surface area contributed by atoms with Crippen molar-refractivity contribution < 1.29 is 18.7 Å². The summed E-state index contributed by atoms with van der Waals surface area (Å²) in [6.07, 6.45) is 10.1. The van der Waals surface area contributed by atoms with E-state index >= 15 is 0 Å². The minimum atomic E-state index is 0.105. The molecule has 5 rings (SSSR count). The third-order valence-corrected chi connectivity index (χ3v) is 9.23. The lowest BCUT2D eigenvalue weighted by Crippen LogP contribution is -2.54. The quantitative estimate of drug-likeness (QED) is 0.730. The lowest BCUT2D eigenvalue weighted by Gasteiger charge is -2.59. The van der Waals surface area contributed by atoms with Gasteiger partial charge in [0, 0.05) is 11.8 Å². The van der Waals surface area contributed by atoms with E-state index < -0.39 is 0 Å². The summed E-state index contributed by atoms with van der Waals surface area (Å²) in [4.78, 5) is 22.1. The van der Waals surface area contributed by atoms with Crippen molar-refractivity contribution in [3.63, 3.8) is 0 Å². The molecule has 3 fully saturated rings. The van der Waals surface area contributed by atoms with Crippen molar-refractivity contribution >= 4 is 12.8 Å². The Hall–Kier alpha value is -1.58. The average Bonchev–Trinajstić information content (AvgIpc) is 3.20. The fourth-order valence-electron chi connectivity index (χ4n) is 7.89. The van der Waals surface area contributed by atoms with E-state index in [0.717, 1.165) is 49.6 Å². The number of carbonyl (C=O) groups excluding carboxylic acids is 2. The maximum absolute atomic E-state index is 11.2. The highest BCUT2D eigenvalue weighted by molar-refractivity contribution is 5.71. The Morgan fingerprint density at radius 2 is 1.89 bits per heavy atom. The van der Waals surface area contributed by atoms with Crippen LogP contribution in [0.3, 0.4) is 0 Å². The van der Waals surface area contributed by atoms with Gasteiger partial charge in [-0.1, -0.05) is 13.8 Å². The van der Waals surface area contributed by atoms with Crippen LogP contribution in [0, 0.1) is 34.5 Å². The van der Waals surface area contributed by atoms with Crippen molar-refractivity contribution in [3.05, 3.63) is 23.2 Å². The van der Waals surface area contributed by atoms with E-state index in [1.165, 1.54) is 31.2 Å². The van der Waals surface area contributed by atoms with Gasteiger partial charge in [0.25, 0.3) is 6.47 Å². The summed E-state index contributed by atoms with van der Waals surface area (Å²) in [5, 5.41) is 0. The highest BCUT2D eigenvalue weighted by Gasteiger charge is 2.61. The minimum absolute atomic E-state index is 0.105. The predicted octanol–water partition coefficient (Wildman–Crippen LogP) is 4.59. The van der Waals surface area contributed by atoms with Gasteiger partial charge >= 0.3 is 0 Å². The molecule has 27 heavy (non-hydrogen) atoms. The number of carbonyl (C=O) groups is 2. The van der Waals surface area contributed by atoms with Gasteiger partial charge in [-0.2, -0.15) is 0 Å². The topological polar surface area (TPSA) is 56.5 Å². The molecule has 4 aliphatic carbocycles. The van der Waals surface area contributed by atoms with Gasteiger partial charge in [0.1, 0.15) is 11.9 Å². The minimum Gasteiger partial charge on any atom is -0.464 e.